The summed E-state index contributed by atoms with van der Waals surface area (Å²) in [6.07, 6.45) is 1.51. The van der Waals surface area contributed by atoms with Gasteiger partial charge in [0.25, 0.3) is 0 Å². The number of carbonyl (C=O) groups is 1. The highest BCUT2D eigenvalue weighted by molar-refractivity contribution is 7.89. The average molecular weight is 380 g/mol. The third-order valence-corrected chi connectivity index (χ3v) is 5.77. The summed E-state index contributed by atoms with van der Waals surface area (Å²) in [6, 6.07) is 8.50. The minimum atomic E-state index is -3.88. The number of benzene rings is 1. The Balaban J connectivity index is 2.15. The van der Waals surface area contributed by atoms with Crippen molar-refractivity contribution in [3.8, 4) is 5.75 Å². The summed E-state index contributed by atoms with van der Waals surface area (Å²) in [4.78, 5) is 12.1. The quantitative estimate of drug-likeness (QED) is 0.759. The molecule has 0 bridgehead atoms. The normalized spacial score (nSPS) is 11.8. The molecule has 0 atom stereocenters. The molecule has 0 spiro atoms. The van der Waals surface area contributed by atoms with E-state index in [-0.39, 0.29) is 29.7 Å². The first-order valence-electron chi connectivity index (χ1n) is 8.19. The molecule has 0 aliphatic carbocycles. The maximum atomic E-state index is 12.9. The molecule has 0 unspecified atom stereocenters. The fourth-order valence-electron chi connectivity index (χ4n) is 2.36. The van der Waals surface area contributed by atoms with E-state index in [1.807, 2.05) is 19.9 Å². The maximum Gasteiger partial charge on any atom is 0.246 e. The second-order valence-electron chi connectivity index (χ2n) is 6.18. The van der Waals surface area contributed by atoms with Crippen LogP contribution in [-0.2, 0) is 21.4 Å². The molecule has 0 aliphatic heterocycles. The minimum absolute atomic E-state index is 0.0486. The number of ether oxygens (including phenoxy) is 1. The third-order valence-electron chi connectivity index (χ3n) is 3.95. The van der Waals surface area contributed by atoms with E-state index in [0.29, 0.717) is 5.76 Å². The van der Waals surface area contributed by atoms with Crippen LogP contribution in [0.25, 0.3) is 0 Å². The smallest absolute Gasteiger partial charge is 0.246 e. The number of nitrogens with one attached hydrogen (secondary N) is 1. The molecular formula is C18H24N2O5S. The summed E-state index contributed by atoms with van der Waals surface area (Å²) in [7, 11) is -1.10. The molecule has 0 saturated heterocycles. The topological polar surface area (TPSA) is 88.9 Å². The van der Waals surface area contributed by atoms with Crippen molar-refractivity contribution in [2.24, 2.45) is 0 Å². The SMILES string of the molecule is COc1ccc(C(C)C)cc1S(=O)(=O)N(C)CC(=O)NCc1ccco1. The van der Waals surface area contributed by atoms with Crippen LogP contribution < -0.4 is 10.1 Å². The van der Waals surface area contributed by atoms with Crippen LogP contribution in [0.3, 0.4) is 0 Å². The van der Waals surface area contributed by atoms with Gasteiger partial charge < -0.3 is 14.5 Å². The summed E-state index contributed by atoms with van der Waals surface area (Å²) < 4.78 is 37.1. The molecule has 0 radical (unpaired) electrons. The van der Waals surface area contributed by atoms with Gasteiger partial charge in [-0.2, -0.15) is 4.31 Å². The van der Waals surface area contributed by atoms with Gasteiger partial charge in [-0.1, -0.05) is 19.9 Å². The van der Waals surface area contributed by atoms with Gasteiger partial charge in [0.1, 0.15) is 16.4 Å². The van der Waals surface area contributed by atoms with Gasteiger partial charge >= 0.3 is 0 Å². The van der Waals surface area contributed by atoms with Gasteiger partial charge in [-0.3, -0.25) is 4.79 Å². The average Bonchev–Trinajstić information content (AvgIpc) is 3.12. The first kappa shape index (κ1) is 20.0. The van der Waals surface area contributed by atoms with Crippen LogP contribution in [0.4, 0.5) is 0 Å². The van der Waals surface area contributed by atoms with E-state index in [1.165, 1.54) is 20.4 Å². The predicted molar refractivity (Wildman–Crippen MR) is 97.5 cm³/mol. The van der Waals surface area contributed by atoms with Crippen molar-refractivity contribution in [2.45, 2.75) is 31.2 Å². The van der Waals surface area contributed by atoms with E-state index in [0.717, 1.165) is 9.87 Å². The molecule has 142 valence electrons. The lowest BCUT2D eigenvalue weighted by Gasteiger charge is -2.19. The van der Waals surface area contributed by atoms with Crippen LogP contribution in [0.15, 0.2) is 45.9 Å². The third kappa shape index (κ3) is 4.64. The van der Waals surface area contributed by atoms with Crippen molar-refractivity contribution in [3.63, 3.8) is 0 Å². The molecule has 1 heterocycles. The Kier molecular flexibility index (Phi) is 6.44. The van der Waals surface area contributed by atoms with Gasteiger partial charge in [0, 0.05) is 7.05 Å². The van der Waals surface area contributed by atoms with E-state index in [9.17, 15) is 13.2 Å². The van der Waals surface area contributed by atoms with Crippen LogP contribution in [0.1, 0.15) is 31.1 Å². The Bertz CT molecular complexity index is 844. The van der Waals surface area contributed by atoms with Crippen molar-refractivity contribution in [3.05, 3.63) is 47.9 Å². The van der Waals surface area contributed by atoms with Gasteiger partial charge in [0.2, 0.25) is 15.9 Å². The molecule has 0 aliphatic rings. The number of sulfonamides is 1. The van der Waals surface area contributed by atoms with Gasteiger partial charge in [0.05, 0.1) is 26.5 Å². The van der Waals surface area contributed by atoms with Crippen LogP contribution in [-0.4, -0.2) is 39.3 Å². The summed E-state index contributed by atoms with van der Waals surface area (Å²) in [5, 5.41) is 2.63. The minimum Gasteiger partial charge on any atom is -0.495 e. The molecule has 1 N–H and O–H groups in total. The Labute approximate surface area is 154 Å². The zero-order chi connectivity index (χ0) is 19.3. The van der Waals surface area contributed by atoms with E-state index < -0.39 is 15.9 Å². The van der Waals surface area contributed by atoms with Gasteiger partial charge in [-0.05, 0) is 35.7 Å². The van der Waals surface area contributed by atoms with Crippen LogP contribution in [0, 0.1) is 0 Å². The molecule has 0 fully saturated rings. The molecule has 2 rings (SSSR count). The molecule has 1 aromatic carbocycles. The Morgan fingerprint density at radius 1 is 1.31 bits per heavy atom. The summed E-state index contributed by atoms with van der Waals surface area (Å²) in [5.74, 6) is 0.579. The lowest BCUT2D eigenvalue weighted by molar-refractivity contribution is -0.121. The second kappa shape index (κ2) is 8.37. The van der Waals surface area contributed by atoms with Gasteiger partial charge in [-0.15, -0.1) is 0 Å². The number of hydrogen-bond acceptors (Lipinski definition) is 5. The lowest BCUT2D eigenvalue weighted by atomic mass is 10.0. The van der Waals surface area contributed by atoms with Crippen molar-refractivity contribution in [1.29, 1.82) is 0 Å². The standard InChI is InChI=1S/C18H24N2O5S/c1-13(2)14-7-8-16(24-4)17(10-14)26(22,23)20(3)12-18(21)19-11-15-6-5-9-25-15/h5-10,13H,11-12H2,1-4H3,(H,19,21). The number of hydrogen-bond donors (Lipinski definition) is 1. The number of nitrogens with zero attached hydrogens (tertiary/aromatic N) is 1. The fraction of sp³-hybridized carbons (Fsp3) is 0.389. The highest BCUT2D eigenvalue weighted by atomic mass is 32.2. The fourth-order valence-corrected chi connectivity index (χ4v) is 3.68. The zero-order valence-electron chi connectivity index (χ0n) is 15.4. The van der Waals surface area contributed by atoms with E-state index >= 15 is 0 Å². The van der Waals surface area contributed by atoms with Crippen LogP contribution >= 0.6 is 0 Å². The number of amides is 1. The number of rotatable bonds is 8. The highest BCUT2D eigenvalue weighted by Crippen LogP contribution is 2.29. The van der Waals surface area contributed by atoms with E-state index in [1.54, 1.807) is 24.3 Å². The number of carbonyl (C=O) groups excluding carboxylic acids is 1. The highest BCUT2D eigenvalue weighted by Gasteiger charge is 2.27. The lowest BCUT2D eigenvalue weighted by Crippen LogP contribution is -2.38. The predicted octanol–water partition coefficient (Wildman–Crippen LogP) is 2.35. The Morgan fingerprint density at radius 3 is 2.62 bits per heavy atom. The summed E-state index contributed by atoms with van der Waals surface area (Å²) in [5.41, 5.74) is 0.875. The number of methoxy groups -OCH3 is 1. The molecule has 2 aromatic rings. The molecule has 26 heavy (non-hydrogen) atoms. The van der Waals surface area contributed by atoms with Crippen LogP contribution in [0.5, 0.6) is 5.75 Å². The summed E-state index contributed by atoms with van der Waals surface area (Å²) in [6.45, 7) is 3.85. The first-order valence-corrected chi connectivity index (χ1v) is 9.63. The molecule has 7 nitrogen and oxygen atoms in total. The Morgan fingerprint density at radius 2 is 2.04 bits per heavy atom. The first-order chi connectivity index (χ1) is 12.3. The maximum absolute atomic E-state index is 12.9. The molecule has 0 saturated carbocycles. The van der Waals surface area contributed by atoms with E-state index in [4.69, 9.17) is 9.15 Å². The largest absolute Gasteiger partial charge is 0.495 e. The zero-order valence-corrected chi connectivity index (χ0v) is 16.2. The molecular weight excluding hydrogens is 356 g/mol. The van der Waals surface area contributed by atoms with Crippen molar-refractivity contribution >= 4 is 15.9 Å². The van der Waals surface area contributed by atoms with Gasteiger partial charge in [-0.25, -0.2) is 8.42 Å². The Hall–Kier alpha value is -2.32. The monoisotopic (exact) mass is 380 g/mol. The van der Waals surface area contributed by atoms with Gasteiger partial charge in [0.15, 0.2) is 0 Å². The van der Waals surface area contributed by atoms with Crippen molar-refractivity contribution in [2.75, 3.05) is 20.7 Å². The summed E-state index contributed by atoms with van der Waals surface area (Å²) >= 11 is 0. The molecule has 1 amide bonds. The van der Waals surface area contributed by atoms with Crippen molar-refractivity contribution in [1.82, 2.24) is 9.62 Å². The van der Waals surface area contributed by atoms with Crippen molar-refractivity contribution < 1.29 is 22.4 Å². The second-order valence-corrected chi connectivity index (χ2v) is 8.20. The molecule has 1 aromatic heterocycles. The van der Waals surface area contributed by atoms with Crippen LogP contribution in [0.2, 0.25) is 0 Å². The molecule has 8 heteroatoms. The van der Waals surface area contributed by atoms with E-state index in [2.05, 4.69) is 5.32 Å². The number of furan rings is 1. The number of likely N-dealkylation sites (N-methyl/N-ethyl adjacent to an activating group) is 1.